The Bertz CT molecular complexity index is 843. The summed E-state index contributed by atoms with van der Waals surface area (Å²) in [4.78, 5) is 0. The quantitative estimate of drug-likeness (QED) is 0.415. The number of fused-ring (bicyclic) bond motifs is 7. The molecule has 5 aliphatic rings. The highest BCUT2D eigenvalue weighted by Crippen LogP contribution is 2.75. The normalized spacial score (nSPS) is 54.8. The van der Waals surface area contributed by atoms with Crippen molar-refractivity contribution in [2.24, 2.45) is 50.2 Å². The van der Waals surface area contributed by atoms with Crippen LogP contribution >= 0.6 is 0 Å². The van der Waals surface area contributed by atoms with Crippen LogP contribution < -0.4 is 0 Å². The molecule has 0 unspecified atom stereocenters. The number of hydrogen-bond donors (Lipinski definition) is 3. The van der Waals surface area contributed by atoms with Gasteiger partial charge in [-0.25, -0.2) is 0 Å². The predicted molar refractivity (Wildman–Crippen MR) is 134 cm³/mol. The first-order valence-electron chi connectivity index (χ1n) is 13.9. The average Bonchev–Trinajstić information content (AvgIpc) is 2.72. The van der Waals surface area contributed by atoms with Crippen LogP contribution in [0.25, 0.3) is 0 Å². The van der Waals surface area contributed by atoms with Gasteiger partial charge in [0.15, 0.2) is 0 Å². The largest absolute Gasteiger partial charge is 0.396 e. The van der Waals surface area contributed by atoms with Crippen molar-refractivity contribution in [1.29, 1.82) is 0 Å². The van der Waals surface area contributed by atoms with E-state index in [0.29, 0.717) is 11.8 Å². The van der Waals surface area contributed by atoms with Gasteiger partial charge in [-0.1, -0.05) is 60.1 Å². The highest BCUT2D eigenvalue weighted by Gasteiger charge is 2.69. The number of rotatable bonds is 1. The lowest BCUT2D eigenvalue weighted by atomic mass is 9.33. The molecule has 0 aliphatic heterocycles. The minimum atomic E-state index is -0.436. The van der Waals surface area contributed by atoms with Crippen LogP contribution in [0.2, 0.25) is 0 Å². The summed E-state index contributed by atoms with van der Waals surface area (Å²) >= 11 is 0. The molecule has 33 heavy (non-hydrogen) atoms. The zero-order chi connectivity index (χ0) is 24.2. The molecule has 0 radical (unpaired) electrons. The molecular weight excluding hydrogens is 408 g/mol. The summed E-state index contributed by atoms with van der Waals surface area (Å²) in [5.74, 6) is 1.05. The third kappa shape index (κ3) is 2.97. The maximum Gasteiger partial charge on any atom is 0.0760 e. The lowest BCUT2D eigenvalue weighted by Crippen LogP contribution is -2.66. The Balaban J connectivity index is 1.63. The fraction of sp³-hybridized carbons (Fsp3) is 0.933. The van der Waals surface area contributed by atoms with Gasteiger partial charge in [0.2, 0.25) is 0 Å². The summed E-state index contributed by atoms with van der Waals surface area (Å²) in [7, 11) is 0. The van der Waals surface area contributed by atoms with Gasteiger partial charge in [-0.2, -0.15) is 0 Å². The van der Waals surface area contributed by atoms with Crippen molar-refractivity contribution in [1.82, 2.24) is 0 Å². The molecule has 0 aromatic heterocycles. The Labute approximate surface area is 202 Å². The van der Waals surface area contributed by atoms with E-state index in [4.69, 9.17) is 0 Å². The smallest absolute Gasteiger partial charge is 0.0760 e. The van der Waals surface area contributed by atoms with Crippen molar-refractivity contribution in [3.05, 3.63) is 11.6 Å². The second-order valence-corrected chi connectivity index (χ2v) is 15.2. The van der Waals surface area contributed by atoms with Gasteiger partial charge >= 0.3 is 0 Å². The van der Waals surface area contributed by atoms with Gasteiger partial charge in [0.05, 0.1) is 12.2 Å². The van der Waals surface area contributed by atoms with Crippen LogP contribution in [0.4, 0.5) is 0 Å². The molecule has 5 aliphatic carbocycles. The Morgan fingerprint density at radius 1 is 0.848 bits per heavy atom. The fourth-order valence-corrected chi connectivity index (χ4v) is 10.6. The summed E-state index contributed by atoms with van der Waals surface area (Å²) in [6, 6.07) is 0. The fourth-order valence-electron chi connectivity index (χ4n) is 10.6. The Hall–Kier alpha value is -0.380. The van der Waals surface area contributed by atoms with Gasteiger partial charge in [0.25, 0.3) is 0 Å². The van der Waals surface area contributed by atoms with E-state index < -0.39 is 6.10 Å². The molecule has 0 amide bonds. The molecule has 0 saturated heterocycles. The SMILES string of the molecule is CC1(C)CC[C@]2(CO)CC[C@]3(C)[C@H]([C@H](O)C=C4[C@@]5(C)CC[C@H](O)C(C)(C)[C@@H]5CC[C@]43C)[C@@H]2C1. The van der Waals surface area contributed by atoms with Gasteiger partial charge in [-0.15, -0.1) is 0 Å². The molecule has 3 N–H and O–H groups in total. The number of hydrogen-bond acceptors (Lipinski definition) is 3. The molecule has 3 nitrogen and oxygen atoms in total. The predicted octanol–water partition coefficient (Wildman–Crippen LogP) is 6.11. The molecule has 0 spiro atoms. The van der Waals surface area contributed by atoms with E-state index in [0.717, 1.165) is 51.4 Å². The molecule has 0 heterocycles. The molecule has 0 bridgehead atoms. The van der Waals surface area contributed by atoms with E-state index >= 15 is 0 Å². The third-order valence-corrected chi connectivity index (χ3v) is 13.1. The van der Waals surface area contributed by atoms with Crippen molar-refractivity contribution in [3.63, 3.8) is 0 Å². The summed E-state index contributed by atoms with van der Waals surface area (Å²) in [5.41, 5.74) is 1.83. The molecule has 3 heteroatoms. The molecule has 188 valence electrons. The van der Waals surface area contributed by atoms with Crippen LogP contribution in [0.5, 0.6) is 0 Å². The van der Waals surface area contributed by atoms with E-state index in [1.807, 2.05) is 0 Å². The van der Waals surface area contributed by atoms with Crippen molar-refractivity contribution >= 4 is 0 Å². The topological polar surface area (TPSA) is 60.7 Å². The molecule has 0 aromatic rings. The number of allylic oxidation sites excluding steroid dienone is 1. The molecular formula is C30H50O3. The maximum atomic E-state index is 11.9. The van der Waals surface area contributed by atoms with Gasteiger partial charge < -0.3 is 15.3 Å². The van der Waals surface area contributed by atoms with E-state index in [2.05, 4.69) is 54.5 Å². The second kappa shape index (κ2) is 7.10. The van der Waals surface area contributed by atoms with Crippen LogP contribution in [0, 0.1) is 50.2 Å². The van der Waals surface area contributed by atoms with Gasteiger partial charge in [0.1, 0.15) is 0 Å². The lowest BCUT2D eigenvalue weighted by Gasteiger charge is -2.71. The minimum absolute atomic E-state index is 0.0135. The maximum absolute atomic E-state index is 11.9. The lowest BCUT2D eigenvalue weighted by molar-refractivity contribution is -0.203. The highest BCUT2D eigenvalue weighted by molar-refractivity contribution is 5.37. The summed E-state index contributed by atoms with van der Waals surface area (Å²) in [6.45, 7) is 17.1. The van der Waals surface area contributed by atoms with Crippen LogP contribution in [-0.4, -0.2) is 34.1 Å². The van der Waals surface area contributed by atoms with Crippen molar-refractivity contribution in [3.8, 4) is 0 Å². The van der Waals surface area contributed by atoms with E-state index in [-0.39, 0.29) is 51.1 Å². The monoisotopic (exact) mass is 458 g/mol. The Morgan fingerprint density at radius 2 is 1.52 bits per heavy atom. The molecule has 4 fully saturated rings. The number of aliphatic hydroxyl groups is 3. The van der Waals surface area contributed by atoms with Crippen molar-refractivity contribution < 1.29 is 15.3 Å². The van der Waals surface area contributed by atoms with Gasteiger partial charge in [-0.3, -0.25) is 0 Å². The summed E-state index contributed by atoms with van der Waals surface area (Å²) in [6.07, 6.45) is 11.4. The van der Waals surface area contributed by atoms with E-state index in [9.17, 15) is 15.3 Å². The van der Waals surface area contributed by atoms with Gasteiger partial charge in [-0.05, 0) is 108 Å². The first-order chi connectivity index (χ1) is 15.2. The second-order valence-electron chi connectivity index (χ2n) is 15.2. The zero-order valence-electron chi connectivity index (χ0n) is 22.4. The van der Waals surface area contributed by atoms with Gasteiger partial charge in [0, 0.05) is 6.61 Å². The van der Waals surface area contributed by atoms with Crippen LogP contribution in [0.3, 0.4) is 0 Å². The van der Waals surface area contributed by atoms with E-state index in [1.165, 1.54) is 12.0 Å². The van der Waals surface area contributed by atoms with E-state index in [1.54, 1.807) is 0 Å². The Kier molecular flexibility index (Phi) is 5.23. The first kappa shape index (κ1) is 24.3. The first-order valence-corrected chi connectivity index (χ1v) is 13.9. The minimum Gasteiger partial charge on any atom is -0.396 e. The van der Waals surface area contributed by atoms with Crippen LogP contribution in [0.15, 0.2) is 11.6 Å². The van der Waals surface area contributed by atoms with Crippen LogP contribution in [0.1, 0.15) is 106 Å². The molecule has 5 rings (SSSR count). The third-order valence-electron chi connectivity index (χ3n) is 13.1. The average molecular weight is 459 g/mol. The molecule has 4 saturated carbocycles. The molecule has 9 atom stereocenters. The standard InChI is InChI=1S/C30H50O3/c1-25(2)12-14-30(18-31)15-13-29(7)24(19(30)17-25)20(32)16-22-27(5)10-9-23(33)26(3,4)21(27)8-11-28(22,29)6/h16,19-21,23-24,31-33H,8-15,17-18H2,1-7H3/t19-,20+,21-,23-,24-,27-,28+,29+,30+/m0/s1. The Morgan fingerprint density at radius 3 is 2.18 bits per heavy atom. The summed E-state index contributed by atoms with van der Waals surface area (Å²) < 4.78 is 0. The summed E-state index contributed by atoms with van der Waals surface area (Å²) in [5, 5.41) is 33.5. The van der Waals surface area contributed by atoms with Crippen molar-refractivity contribution in [2.45, 2.75) is 118 Å². The number of aliphatic hydroxyl groups excluding tert-OH is 3. The zero-order valence-corrected chi connectivity index (χ0v) is 22.4. The van der Waals surface area contributed by atoms with Crippen molar-refractivity contribution in [2.75, 3.05) is 6.61 Å². The van der Waals surface area contributed by atoms with Crippen LogP contribution in [-0.2, 0) is 0 Å². The highest BCUT2D eigenvalue weighted by atomic mass is 16.3. The molecule has 0 aromatic carbocycles.